The van der Waals surface area contributed by atoms with Gasteiger partial charge in [0.15, 0.2) is 6.49 Å². The van der Waals surface area contributed by atoms with Gasteiger partial charge in [-0.05, 0) is 0 Å². The molecule has 0 aliphatic carbocycles. The van der Waals surface area contributed by atoms with Crippen LogP contribution in [0.15, 0.2) is 0 Å². The van der Waals surface area contributed by atoms with Crippen LogP contribution in [0.4, 0.5) is 8.63 Å². The standard InChI is InChI=1S/CH6B4F2/c2-1-5(3-6)4-7/h3-4H,1-2H2. The van der Waals surface area contributed by atoms with Gasteiger partial charge in [-0.2, -0.15) is 0 Å². The molecule has 0 saturated heterocycles. The van der Waals surface area contributed by atoms with E-state index in [2.05, 4.69) is 0 Å². The first-order chi connectivity index (χ1) is 3.35. The molecule has 0 aromatic heterocycles. The lowest BCUT2D eigenvalue weighted by Gasteiger charge is -1.91. The highest BCUT2D eigenvalue weighted by molar-refractivity contribution is 7.37. The molecule has 0 fully saturated rings. The van der Waals surface area contributed by atoms with Gasteiger partial charge < -0.3 is 8.63 Å². The van der Waals surface area contributed by atoms with Crippen LogP contribution in [0.5, 0.6) is 0 Å². The van der Waals surface area contributed by atoms with Crippen LogP contribution >= 0.6 is 0 Å². The Bertz CT molecular complexity index is 31.2. The molecule has 36 valence electrons. The van der Waals surface area contributed by atoms with E-state index in [-0.39, 0.29) is 6.49 Å². The minimum Gasteiger partial charge on any atom is -0.353 e. The van der Waals surface area contributed by atoms with Crippen LogP contribution < -0.4 is 0 Å². The number of halogens is 2. The minimum atomic E-state index is -0.521. The monoisotopic (exact) mass is 100 g/mol. The summed E-state index contributed by atoms with van der Waals surface area (Å²) in [6.45, 7) is -0.347. The Hall–Kier alpha value is 0.120. The van der Waals surface area contributed by atoms with Crippen molar-refractivity contribution < 1.29 is 8.63 Å². The SMILES string of the molecule is BCB(BF)BF. The molecule has 0 rings (SSSR count). The molecule has 0 spiro atoms. The Labute approximate surface area is 45.1 Å². The molecule has 0 atom stereocenters. The van der Waals surface area contributed by atoms with E-state index in [1.807, 2.05) is 0 Å². The summed E-state index contributed by atoms with van der Waals surface area (Å²) in [7, 11) is 0.740. The first-order valence-electron chi connectivity index (χ1n) is 2.47. The van der Waals surface area contributed by atoms with Crippen LogP contribution in [0, 0.1) is 0 Å². The van der Waals surface area contributed by atoms with Gasteiger partial charge in [-0.3, -0.25) is 0 Å². The summed E-state index contributed by atoms with van der Waals surface area (Å²) in [6.07, 6.45) is 0.604. The summed E-state index contributed by atoms with van der Waals surface area (Å²) >= 11 is 0. The molecule has 6 heteroatoms. The van der Waals surface area contributed by atoms with E-state index in [4.69, 9.17) is 0 Å². The predicted octanol–water partition coefficient (Wildman–Crippen LogP) is -1.29. The lowest BCUT2D eigenvalue weighted by atomic mass is 9.12. The van der Waals surface area contributed by atoms with E-state index >= 15 is 0 Å². The highest BCUT2D eigenvalue weighted by Crippen LogP contribution is 1.83. The second kappa shape index (κ2) is 4.28. The van der Waals surface area contributed by atoms with Crippen molar-refractivity contribution in [3.8, 4) is 0 Å². The van der Waals surface area contributed by atoms with Gasteiger partial charge in [-0.15, -0.1) is 6.22 Å². The summed E-state index contributed by atoms with van der Waals surface area (Å²) in [6, 6.07) is 0. The third-order valence-corrected chi connectivity index (χ3v) is 1.01. The highest BCUT2D eigenvalue weighted by atomic mass is 19.1. The lowest BCUT2D eigenvalue weighted by Crippen LogP contribution is -2.24. The zero-order valence-corrected chi connectivity index (χ0v) is 4.45. The zero-order chi connectivity index (χ0) is 5.70. The highest BCUT2D eigenvalue weighted by Gasteiger charge is 2.13. The van der Waals surface area contributed by atoms with Gasteiger partial charge in [0.05, 0.1) is 7.85 Å². The zero-order valence-electron chi connectivity index (χ0n) is 4.45. The van der Waals surface area contributed by atoms with Crippen molar-refractivity contribution in [3.63, 3.8) is 0 Å². The van der Waals surface area contributed by atoms with Crippen LogP contribution in [0.2, 0.25) is 6.22 Å². The van der Waals surface area contributed by atoms with Gasteiger partial charge in [-0.1, -0.05) is 0 Å². The predicted molar refractivity (Wildman–Crippen MR) is 35.6 cm³/mol. The molecule has 0 N–H and O–H groups in total. The normalized spacial score (nSPS) is 7.71. The fourth-order valence-electron chi connectivity index (χ4n) is 0.259. The molecule has 0 aliphatic heterocycles. The van der Waals surface area contributed by atoms with Crippen LogP contribution in [-0.4, -0.2) is 29.2 Å². The Morgan fingerprint density at radius 2 is 1.86 bits per heavy atom. The van der Waals surface area contributed by atoms with Gasteiger partial charge in [0.1, 0.15) is 0 Å². The smallest absolute Gasteiger partial charge is 0.288 e. The maximum Gasteiger partial charge on any atom is 0.288 e. The fraction of sp³-hybridized carbons (Fsp3) is 1.00. The van der Waals surface area contributed by atoms with Crippen molar-refractivity contribution >= 4 is 29.2 Å². The molecule has 0 radical (unpaired) electrons. The third-order valence-electron chi connectivity index (χ3n) is 1.01. The van der Waals surface area contributed by atoms with Crippen LogP contribution in [0.3, 0.4) is 0 Å². The number of hydrogen-bond donors (Lipinski definition) is 0. The summed E-state index contributed by atoms with van der Waals surface area (Å²) in [5.41, 5.74) is 0. The molecule has 0 aliphatic rings. The van der Waals surface area contributed by atoms with Crippen molar-refractivity contribution in [1.29, 1.82) is 0 Å². The second-order valence-corrected chi connectivity index (χ2v) is 1.58. The molecule has 0 aromatic rings. The Balaban J connectivity index is 2.99. The van der Waals surface area contributed by atoms with Crippen LogP contribution in [-0.2, 0) is 0 Å². The van der Waals surface area contributed by atoms with E-state index in [0.29, 0.717) is 6.22 Å². The fourth-order valence-corrected chi connectivity index (χ4v) is 0.259. The minimum absolute atomic E-state index is 0.347. The third kappa shape index (κ3) is 2.77. The van der Waals surface area contributed by atoms with Gasteiger partial charge in [0, 0.05) is 0 Å². The largest absolute Gasteiger partial charge is 0.353 e. The lowest BCUT2D eigenvalue weighted by molar-refractivity contribution is 0.882. The average molecular weight is 99.3 g/mol. The Morgan fingerprint density at radius 3 is 1.86 bits per heavy atom. The van der Waals surface area contributed by atoms with E-state index in [1.54, 1.807) is 7.85 Å². The number of rotatable bonds is 3. The molecule has 0 bridgehead atoms. The van der Waals surface area contributed by atoms with Crippen molar-refractivity contribution in [2.75, 3.05) is 0 Å². The average Bonchev–Trinajstić information content (AvgIpc) is 1.72. The maximum atomic E-state index is 11.4. The van der Waals surface area contributed by atoms with Gasteiger partial charge in [-0.25, -0.2) is 0 Å². The first kappa shape index (κ1) is 7.12. The molecule has 0 amide bonds. The van der Waals surface area contributed by atoms with Crippen molar-refractivity contribution in [2.45, 2.75) is 6.22 Å². The molecule has 0 saturated carbocycles. The molecule has 0 unspecified atom stereocenters. The second-order valence-electron chi connectivity index (χ2n) is 1.58. The van der Waals surface area contributed by atoms with E-state index in [0.717, 1.165) is 0 Å². The molecular weight excluding hydrogens is 93.3 g/mol. The first-order valence-corrected chi connectivity index (χ1v) is 2.47. The van der Waals surface area contributed by atoms with E-state index in [9.17, 15) is 8.63 Å². The summed E-state index contributed by atoms with van der Waals surface area (Å²) in [5, 5.41) is 0. The van der Waals surface area contributed by atoms with Gasteiger partial charge in [0.25, 0.3) is 14.9 Å². The molecule has 0 aromatic carbocycles. The van der Waals surface area contributed by atoms with Crippen molar-refractivity contribution in [3.05, 3.63) is 0 Å². The Morgan fingerprint density at radius 1 is 1.43 bits per heavy atom. The van der Waals surface area contributed by atoms with E-state index < -0.39 is 14.9 Å². The summed E-state index contributed by atoms with van der Waals surface area (Å²) in [4.78, 5) is 0. The van der Waals surface area contributed by atoms with Gasteiger partial charge >= 0.3 is 0 Å². The van der Waals surface area contributed by atoms with Crippen LogP contribution in [0.1, 0.15) is 0 Å². The number of hydrogen-bond acceptors (Lipinski definition) is 0. The van der Waals surface area contributed by atoms with Gasteiger partial charge in [0.2, 0.25) is 0 Å². The molecule has 0 nitrogen and oxygen atoms in total. The molecular formula is CH6B4F2. The quantitative estimate of drug-likeness (QED) is 0.386. The topological polar surface area (TPSA) is 0 Å². The molecule has 0 heterocycles. The summed E-state index contributed by atoms with van der Waals surface area (Å²) in [5.74, 6) is 0. The maximum absolute atomic E-state index is 11.4. The Kier molecular flexibility index (Phi) is 4.36. The van der Waals surface area contributed by atoms with Crippen LogP contribution in [0.25, 0.3) is 0 Å². The van der Waals surface area contributed by atoms with Crippen molar-refractivity contribution in [1.82, 2.24) is 0 Å². The van der Waals surface area contributed by atoms with Crippen molar-refractivity contribution in [2.24, 2.45) is 0 Å². The summed E-state index contributed by atoms with van der Waals surface area (Å²) < 4.78 is 22.8. The van der Waals surface area contributed by atoms with E-state index in [1.165, 1.54) is 0 Å². The molecule has 7 heavy (non-hydrogen) atoms.